The van der Waals surface area contributed by atoms with E-state index >= 15 is 0 Å². The Balaban J connectivity index is 1.58. The lowest BCUT2D eigenvalue weighted by Gasteiger charge is -2.04. The molecular formula is C23H15N3OS. The summed E-state index contributed by atoms with van der Waals surface area (Å²) in [5.74, 6) is 0.492. The van der Waals surface area contributed by atoms with Gasteiger partial charge in [-0.25, -0.2) is 4.98 Å². The first kappa shape index (κ1) is 16.6. The van der Waals surface area contributed by atoms with Crippen molar-refractivity contribution in [3.63, 3.8) is 0 Å². The van der Waals surface area contributed by atoms with E-state index in [1.54, 1.807) is 6.20 Å². The van der Waals surface area contributed by atoms with Crippen molar-refractivity contribution in [3.05, 3.63) is 94.7 Å². The van der Waals surface area contributed by atoms with Crippen molar-refractivity contribution >= 4 is 21.6 Å². The second kappa shape index (κ2) is 6.87. The normalized spacial score (nSPS) is 11.0. The lowest BCUT2D eigenvalue weighted by atomic mass is 10.0. The van der Waals surface area contributed by atoms with E-state index in [9.17, 15) is 4.79 Å². The molecule has 0 radical (unpaired) electrons. The van der Waals surface area contributed by atoms with Crippen LogP contribution in [0.5, 0.6) is 0 Å². The summed E-state index contributed by atoms with van der Waals surface area (Å²) in [5, 5.41) is 2.62. The standard InChI is InChI=1S/C23H15N3OS/c27-22-20-18(17-11-9-16(10-12-17)15-6-2-1-3-7-15)14-28-23(20)26-21(25-22)19-8-4-5-13-24-19/h1-14H,(H,25,26,27). The van der Waals surface area contributed by atoms with Crippen LogP contribution in [-0.2, 0) is 0 Å². The largest absolute Gasteiger partial charge is 0.305 e. The maximum Gasteiger partial charge on any atom is 0.260 e. The van der Waals surface area contributed by atoms with Crippen molar-refractivity contribution in [1.29, 1.82) is 0 Å². The van der Waals surface area contributed by atoms with Crippen LogP contribution < -0.4 is 5.56 Å². The molecule has 5 rings (SSSR count). The van der Waals surface area contributed by atoms with E-state index in [0.29, 0.717) is 21.7 Å². The summed E-state index contributed by atoms with van der Waals surface area (Å²) in [6.07, 6.45) is 1.69. The molecule has 5 heteroatoms. The number of fused-ring (bicyclic) bond motifs is 1. The van der Waals surface area contributed by atoms with Crippen molar-refractivity contribution in [2.45, 2.75) is 0 Å². The highest BCUT2D eigenvalue weighted by molar-refractivity contribution is 7.17. The first-order chi connectivity index (χ1) is 13.8. The highest BCUT2D eigenvalue weighted by Crippen LogP contribution is 2.32. The molecular weight excluding hydrogens is 366 g/mol. The van der Waals surface area contributed by atoms with E-state index < -0.39 is 0 Å². The van der Waals surface area contributed by atoms with Crippen molar-refractivity contribution in [2.24, 2.45) is 0 Å². The fraction of sp³-hybridized carbons (Fsp3) is 0. The zero-order valence-corrected chi connectivity index (χ0v) is 15.6. The molecule has 4 nitrogen and oxygen atoms in total. The maximum atomic E-state index is 12.8. The fourth-order valence-electron chi connectivity index (χ4n) is 3.26. The van der Waals surface area contributed by atoms with Gasteiger partial charge in [-0.15, -0.1) is 11.3 Å². The van der Waals surface area contributed by atoms with Crippen LogP contribution in [0.25, 0.3) is 44.0 Å². The number of nitrogens with one attached hydrogen (secondary N) is 1. The number of benzene rings is 2. The van der Waals surface area contributed by atoms with Crippen LogP contribution in [-0.4, -0.2) is 15.0 Å². The quantitative estimate of drug-likeness (QED) is 0.456. The molecule has 1 N–H and O–H groups in total. The number of H-pyrrole nitrogens is 1. The lowest BCUT2D eigenvalue weighted by molar-refractivity contribution is 1.15. The third kappa shape index (κ3) is 2.92. The average Bonchev–Trinajstić information content (AvgIpc) is 3.20. The van der Waals surface area contributed by atoms with Crippen LogP contribution in [0.3, 0.4) is 0 Å². The van der Waals surface area contributed by atoms with Gasteiger partial charge in [0.05, 0.1) is 5.39 Å². The van der Waals surface area contributed by atoms with Crippen molar-refractivity contribution in [2.75, 3.05) is 0 Å². The Labute approximate surface area is 165 Å². The molecule has 28 heavy (non-hydrogen) atoms. The van der Waals surface area contributed by atoms with E-state index in [1.165, 1.54) is 16.9 Å². The van der Waals surface area contributed by atoms with Crippen LogP contribution in [0.1, 0.15) is 0 Å². The van der Waals surface area contributed by atoms with Gasteiger partial charge in [0.15, 0.2) is 5.82 Å². The minimum atomic E-state index is -0.144. The van der Waals surface area contributed by atoms with Gasteiger partial charge in [0.25, 0.3) is 5.56 Å². The second-order valence-corrected chi connectivity index (χ2v) is 7.26. The van der Waals surface area contributed by atoms with Gasteiger partial charge in [-0.05, 0) is 28.8 Å². The zero-order chi connectivity index (χ0) is 18.9. The highest BCUT2D eigenvalue weighted by atomic mass is 32.1. The van der Waals surface area contributed by atoms with Crippen LogP contribution in [0.15, 0.2) is 89.2 Å². The number of hydrogen-bond donors (Lipinski definition) is 1. The Morgan fingerprint density at radius 3 is 2.25 bits per heavy atom. The summed E-state index contributed by atoms with van der Waals surface area (Å²) in [4.78, 5) is 25.3. The van der Waals surface area contributed by atoms with Crippen LogP contribution in [0.2, 0.25) is 0 Å². The molecule has 0 spiro atoms. The molecule has 5 aromatic rings. The van der Waals surface area contributed by atoms with Gasteiger partial charge in [-0.2, -0.15) is 0 Å². The van der Waals surface area contributed by atoms with Gasteiger partial charge in [0.2, 0.25) is 0 Å². The number of rotatable bonds is 3. The van der Waals surface area contributed by atoms with Crippen molar-refractivity contribution < 1.29 is 0 Å². The first-order valence-corrected chi connectivity index (χ1v) is 9.76. The van der Waals surface area contributed by atoms with Crippen molar-refractivity contribution in [3.8, 4) is 33.8 Å². The molecule has 0 aliphatic rings. The molecule has 3 heterocycles. The summed E-state index contributed by atoms with van der Waals surface area (Å²) in [6.45, 7) is 0. The van der Waals surface area contributed by atoms with Crippen LogP contribution >= 0.6 is 11.3 Å². The fourth-order valence-corrected chi connectivity index (χ4v) is 4.21. The van der Waals surface area contributed by atoms with Gasteiger partial charge in [-0.3, -0.25) is 9.78 Å². The van der Waals surface area contributed by atoms with Gasteiger partial charge >= 0.3 is 0 Å². The number of nitrogens with zero attached hydrogens (tertiary/aromatic N) is 2. The van der Waals surface area contributed by atoms with E-state index in [-0.39, 0.29) is 5.56 Å². The van der Waals surface area contributed by atoms with E-state index in [0.717, 1.165) is 16.7 Å². The number of aromatic amines is 1. The Morgan fingerprint density at radius 2 is 1.50 bits per heavy atom. The Kier molecular flexibility index (Phi) is 4.07. The van der Waals surface area contributed by atoms with Gasteiger partial charge in [0.1, 0.15) is 10.5 Å². The maximum absolute atomic E-state index is 12.8. The van der Waals surface area contributed by atoms with Gasteiger partial charge in [0, 0.05) is 17.1 Å². The predicted octanol–water partition coefficient (Wildman–Crippen LogP) is 5.38. The SMILES string of the molecule is O=c1[nH]c(-c2ccccn2)nc2scc(-c3ccc(-c4ccccc4)cc3)c12. The van der Waals surface area contributed by atoms with Gasteiger partial charge < -0.3 is 4.98 Å². The Hall–Kier alpha value is -3.57. The molecule has 0 bridgehead atoms. The Bertz CT molecular complexity index is 1310. The topological polar surface area (TPSA) is 58.6 Å². The minimum absolute atomic E-state index is 0.144. The molecule has 3 aromatic heterocycles. The molecule has 0 saturated carbocycles. The summed E-state index contributed by atoms with van der Waals surface area (Å²) in [7, 11) is 0. The number of aromatic nitrogens is 3. The number of thiophene rings is 1. The Morgan fingerprint density at radius 1 is 0.786 bits per heavy atom. The first-order valence-electron chi connectivity index (χ1n) is 8.88. The summed E-state index contributed by atoms with van der Waals surface area (Å²) < 4.78 is 0. The third-order valence-electron chi connectivity index (χ3n) is 4.65. The monoisotopic (exact) mass is 381 g/mol. The highest BCUT2D eigenvalue weighted by Gasteiger charge is 2.14. The number of hydrogen-bond acceptors (Lipinski definition) is 4. The lowest BCUT2D eigenvalue weighted by Crippen LogP contribution is -2.09. The predicted molar refractivity (Wildman–Crippen MR) is 114 cm³/mol. The molecule has 134 valence electrons. The summed E-state index contributed by atoms with van der Waals surface area (Å²) in [6, 6.07) is 24.0. The smallest absolute Gasteiger partial charge is 0.260 e. The van der Waals surface area contributed by atoms with Gasteiger partial charge in [-0.1, -0.05) is 60.7 Å². The molecule has 0 aliphatic carbocycles. The van der Waals surface area contributed by atoms with Crippen LogP contribution in [0, 0.1) is 0 Å². The summed E-state index contributed by atoms with van der Waals surface area (Å²) >= 11 is 1.47. The van der Waals surface area contributed by atoms with E-state index in [4.69, 9.17) is 0 Å². The molecule has 0 unspecified atom stereocenters. The van der Waals surface area contributed by atoms with Crippen LogP contribution in [0.4, 0.5) is 0 Å². The van der Waals surface area contributed by atoms with E-state index in [2.05, 4.69) is 51.4 Å². The molecule has 2 aromatic carbocycles. The van der Waals surface area contributed by atoms with Crippen molar-refractivity contribution in [1.82, 2.24) is 15.0 Å². The molecule has 0 saturated heterocycles. The average molecular weight is 381 g/mol. The molecule has 0 amide bonds. The molecule has 0 fully saturated rings. The number of pyridine rings is 1. The summed E-state index contributed by atoms with van der Waals surface area (Å²) in [5.41, 5.74) is 4.74. The minimum Gasteiger partial charge on any atom is -0.305 e. The zero-order valence-electron chi connectivity index (χ0n) is 14.8. The molecule has 0 aliphatic heterocycles. The van der Waals surface area contributed by atoms with E-state index in [1.807, 2.05) is 41.8 Å². The second-order valence-electron chi connectivity index (χ2n) is 6.40. The molecule has 0 atom stereocenters. The third-order valence-corrected chi connectivity index (χ3v) is 5.53.